The van der Waals surface area contributed by atoms with Crippen molar-refractivity contribution in [2.45, 2.75) is 12.4 Å². The molecule has 0 radical (unpaired) electrons. The highest BCUT2D eigenvalue weighted by molar-refractivity contribution is 5.94. The number of hydrogen-bond donors (Lipinski definition) is 3. The molecule has 4 N–H and O–H groups in total. The van der Waals surface area contributed by atoms with Crippen molar-refractivity contribution in [3.05, 3.63) is 24.3 Å². The molecule has 0 saturated heterocycles. The van der Waals surface area contributed by atoms with E-state index < -0.39 is 30.7 Å². The number of nitrogens with two attached hydrogens (primary N) is 1. The Kier molecular flexibility index (Phi) is 4.51. The second kappa shape index (κ2) is 5.69. The molecule has 0 fully saturated rings. The number of carbonyl (C=O) groups excluding carboxylic acids is 1. The predicted molar refractivity (Wildman–Crippen MR) is 56.8 cm³/mol. The molecule has 18 heavy (non-hydrogen) atoms. The number of aliphatic hydroxyl groups is 1. The van der Waals surface area contributed by atoms with E-state index in [-0.39, 0.29) is 5.69 Å². The average molecular weight is 264 g/mol. The quantitative estimate of drug-likeness (QED) is 0.752. The Labute approximate surface area is 100 Å². The fourth-order valence-corrected chi connectivity index (χ4v) is 1.09. The Morgan fingerprint density at radius 3 is 2.72 bits per heavy atom. The van der Waals surface area contributed by atoms with Gasteiger partial charge in [-0.15, -0.1) is 13.2 Å². The first kappa shape index (κ1) is 14.3. The van der Waals surface area contributed by atoms with E-state index in [0.29, 0.717) is 0 Å². The van der Waals surface area contributed by atoms with E-state index in [1.807, 2.05) is 0 Å². The van der Waals surface area contributed by atoms with E-state index in [2.05, 4.69) is 10.1 Å². The lowest BCUT2D eigenvalue weighted by molar-refractivity contribution is -0.274. The number of benzene rings is 1. The molecule has 5 nitrogen and oxygen atoms in total. The van der Waals surface area contributed by atoms with Crippen LogP contribution in [0.2, 0.25) is 0 Å². The van der Waals surface area contributed by atoms with Crippen LogP contribution in [-0.2, 0) is 4.79 Å². The van der Waals surface area contributed by atoms with Crippen molar-refractivity contribution in [1.29, 1.82) is 0 Å². The first-order valence-corrected chi connectivity index (χ1v) is 4.85. The maximum Gasteiger partial charge on any atom is 0.573 e. The summed E-state index contributed by atoms with van der Waals surface area (Å²) < 4.78 is 39.5. The van der Waals surface area contributed by atoms with Crippen LogP contribution in [0.15, 0.2) is 24.3 Å². The lowest BCUT2D eigenvalue weighted by Gasteiger charge is -2.12. The first-order chi connectivity index (χ1) is 8.31. The van der Waals surface area contributed by atoms with Gasteiger partial charge in [0.25, 0.3) is 0 Å². The Hall–Kier alpha value is -1.80. The molecule has 1 amide bonds. The van der Waals surface area contributed by atoms with Crippen molar-refractivity contribution >= 4 is 11.6 Å². The Morgan fingerprint density at radius 2 is 2.17 bits per heavy atom. The van der Waals surface area contributed by atoms with Crippen LogP contribution in [0.1, 0.15) is 0 Å². The minimum Gasteiger partial charge on any atom is -0.406 e. The summed E-state index contributed by atoms with van der Waals surface area (Å²) in [5.41, 5.74) is 5.32. The van der Waals surface area contributed by atoms with E-state index >= 15 is 0 Å². The van der Waals surface area contributed by atoms with Gasteiger partial charge in [0.15, 0.2) is 0 Å². The first-order valence-electron chi connectivity index (χ1n) is 4.85. The maximum absolute atomic E-state index is 12.0. The van der Waals surface area contributed by atoms with Crippen molar-refractivity contribution in [1.82, 2.24) is 0 Å². The fourth-order valence-electron chi connectivity index (χ4n) is 1.09. The summed E-state index contributed by atoms with van der Waals surface area (Å²) in [6, 6.07) is 3.59. The van der Waals surface area contributed by atoms with Crippen LogP contribution in [0.25, 0.3) is 0 Å². The average Bonchev–Trinajstić information content (AvgIpc) is 2.26. The zero-order valence-electron chi connectivity index (χ0n) is 9.07. The molecule has 1 aromatic rings. The standard InChI is InChI=1S/C10H11F3N2O3/c11-10(12,13)18-7-3-1-2-6(4-7)15-9(17)8(14)5-16/h1-4,8,16H,5,14H2,(H,15,17)/t8-/m1/s1. The van der Waals surface area contributed by atoms with Gasteiger partial charge in [0, 0.05) is 11.8 Å². The van der Waals surface area contributed by atoms with Gasteiger partial charge in [-0.25, -0.2) is 0 Å². The topological polar surface area (TPSA) is 84.6 Å². The number of halogens is 3. The van der Waals surface area contributed by atoms with Crippen LogP contribution in [0, 0.1) is 0 Å². The number of amides is 1. The third-order valence-electron chi connectivity index (χ3n) is 1.87. The minimum atomic E-state index is -4.80. The summed E-state index contributed by atoms with van der Waals surface area (Å²) in [7, 11) is 0. The van der Waals surface area contributed by atoms with Gasteiger partial charge in [-0.2, -0.15) is 0 Å². The molecule has 0 aliphatic carbocycles. The molecule has 0 unspecified atom stereocenters. The predicted octanol–water partition coefficient (Wildman–Crippen LogP) is 0.843. The summed E-state index contributed by atoms with van der Waals surface area (Å²) in [6.07, 6.45) is -4.80. The molecule has 8 heteroatoms. The molecule has 0 bridgehead atoms. The molecule has 0 spiro atoms. The largest absolute Gasteiger partial charge is 0.573 e. The number of alkyl halides is 3. The van der Waals surface area contributed by atoms with Gasteiger partial charge in [0.05, 0.1) is 6.61 Å². The third kappa shape index (κ3) is 4.60. The summed E-state index contributed by atoms with van der Waals surface area (Å²) in [4.78, 5) is 11.3. The molecule has 100 valence electrons. The minimum absolute atomic E-state index is 0.0886. The van der Waals surface area contributed by atoms with E-state index in [4.69, 9.17) is 10.8 Å². The van der Waals surface area contributed by atoms with Crippen molar-refractivity contribution < 1.29 is 27.8 Å². The zero-order valence-corrected chi connectivity index (χ0v) is 9.07. The molecule has 0 aromatic heterocycles. The molecular weight excluding hydrogens is 253 g/mol. The highest BCUT2D eigenvalue weighted by Gasteiger charge is 2.31. The Balaban J connectivity index is 2.74. The number of hydrogen-bond acceptors (Lipinski definition) is 4. The van der Waals surface area contributed by atoms with Crippen molar-refractivity contribution in [2.75, 3.05) is 11.9 Å². The van der Waals surface area contributed by atoms with E-state index in [0.717, 1.165) is 12.1 Å². The van der Waals surface area contributed by atoms with Crippen LogP contribution in [0.3, 0.4) is 0 Å². The third-order valence-corrected chi connectivity index (χ3v) is 1.87. The van der Waals surface area contributed by atoms with Gasteiger partial charge in [-0.3, -0.25) is 4.79 Å². The molecule has 0 saturated carbocycles. The Morgan fingerprint density at radius 1 is 1.50 bits per heavy atom. The van der Waals surface area contributed by atoms with E-state index in [1.165, 1.54) is 12.1 Å². The number of rotatable bonds is 4. The van der Waals surface area contributed by atoms with Gasteiger partial charge in [-0.1, -0.05) is 6.07 Å². The molecular formula is C10H11F3N2O3. The molecule has 1 rings (SSSR count). The van der Waals surface area contributed by atoms with Crippen molar-refractivity contribution in [3.8, 4) is 5.75 Å². The maximum atomic E-state index is 12.0. The zero-order chi connectivity index (χ0) is 13.8. The number of nitrogens with one attached hydrogen (secondary N) is 1. The van der Waals surface area contributed by atoms with Gasteiger partial charge < -0.3 is 20.9 Å². The number of ether oxygens (including phenoxy) is 1. The van der Waals surface area contributed by atoms with Crippen LogP contribution >= 0.6 is 0 Å². The Bertz CT molecular complexity index is 423. The van der Waals surface area contributed by atoms with Gasteiger partial charge >= 0.3 is 6.36 Å². The fraction of sp³-hybridized carbons (Fsp3) is 0.300. The SMILES string of the molecule is N[C@H](CO)C(=O)Nc1cccc(OC(F)(F)F)c1. The summed E-state index contributed by atoms with van der Waals surface area (Å²) in [6.45, 7) is -0.565. The highest BCUT2D eigenvalue weighted by atomic mass is 19.4. The van der Waals surface area contributed by atoms with E-state index in [9.17, 15) is 18.0 Å². The number of carbonyl (C=O) groups is 1. The van der Waals surface area contributed by atoms with Crippen LogP contribution < -0.4 is 15.8 Å². The smallest absolute Gasteiger partial charge is 0.406 e. The highest BCUT2D eigenvalue weighted by Crippen LogP contribution is 2.24. The second-order valence-electron chi connectivity index (χ2n) is 3.35. The molecule has 0 aliphatic rings. The molecule has 0 aliphatic heterocycles. The monoisotopic (exact) mass is 264 g/mol. The van der Waals surface area contributed by atoms with Crippen LogP contribution in [0.4, 0.5) is 18.9 Å². The summed E-state index contributed by atoms with van der Waals surface area (Å²) >= 11 is 0. The molecule has 1 aromatic carbocycles. The summed E-state index contributed by atoms with van der Waals surface area (Å²) in [5.74, 6) is -1.17. The van der Waals surface area contributed by atoms with Gasteiger partial charge in [0.1, 0.15) is 11.8 Å². The van der Waals surface area contributed by atoms with Crippen LogP contribution in [-0.4, -0.2) is 30.0 Å². The van der Waals surface area contributed by atoms with Crippen molar-refractivity contribution in [3.63, 3.8) is 0 Å². The molecule has 0 heterocycles. The normalized spacial score (nSPS) is 12.9. The molecule has 1 atom stereocenters. The van der Waals surface area contributed by atoms with Crippen molar-refractivity contribution in [2.24, 2.45) is 5.73 Å². The van der Waals surface area contributed by atoms with E-state index in [1.54, 1.807) is 0 Å². The number of aliphatic hydroxyl groups excluding tert-OH is 1. The lowest BCUT2D eigenvalue weighted by Crippen LogP contribution is -2.38. The van der Waals surface area contributed by atoms with Gasteiger partial charge in [0.2, 0.25) is 5.91 Å². The second-order valence-corrected chi connectivity index (χ2v) is 3.35. The summed E-state index contributed by atoms with van der Waals surface area (Å²) in [5, 5.41) is 10.9. The van der Waals surface area contributed by atoms with Gasteiger partial charge in [-0.05, 0) is 12.1 Å². The lowest BCUT2D eigenvalue weighted by atomic mass is 10.2. The van der Waals surface area contributed by atoms with Crippen LogP contribution in [0.5, 0.6) is 5.75 Å². The number of anilines is 1.